The molecule has 2 heterocycles. The summed E-state index contributed by atoms with van der Waals surface area (Å²) < 4.78 is 5.41. The van der Waals surface area contributed by atoms with Gasteiger partial charge in [0.25, 0.3) is 0 Å². The Hall–Kier alpha value is -3.51. The second-order valence-corrected chi connectivity index (χ2v) is 10.4. The number of fused-ring (bicyclic) bond motifs is 1. The van der Waals surface area contributed by atoms with Gasteiger partial charge in [-0.25, -0.2) is 0 Å². The number of Topliss-reactive ketones (excluding diaryl/α,β-unsaturated/α-hetero) is 1. The molecule has 2 aliphatic heterocycles. The first-order chi connectivity index (χ1) is 18.0. The second kappa shape index (κ2) is 11.3. The summed E-state index contributed by atoms with van der Waals surface area (Å²) in [7, 11) is 2.05. The number of hydrogen-bond acceptors (Lipinski definition) is 5. The van der Waals surface area contributed by atoms with Crippen LogP contribution < -0.4 is 0 Å². The van der Waals surface area contributed by atoms with Crippen LogP contribution in [0.2, 0.25) is 0 Å². The van der Waals surface area contributed by atoms with Crippen LogP contribution in [0.4, 0.5) is 0 Å². The lowest BCUT2D eigenvalue weighted by Crippen LogP contribution is -2.48. The highest BCUT2D eigenvalue weighted by Crippen LogP contribution is 2.32. The maximum Gasteiger partial charge on any atom is 0.316 e. The number of benzene rings is 3. The fourth-order valence-corrected chi connectivity index (χ4v) is 5.67. The summed E-state index contributed by atoms with van der Waals surface area (Å²) in [6.45, 7) is 3.19. The lowest BCUT2D eigenvalue weighted by molar-refractivity contribution is -0.147. The van der Waals surface area contributed by atoms with E-state index in [9.17, 15) is 14.4 Å². The Kier molecular flexibility index (Phi) is 7.65. The molecule has 0 spiro atoms. The van der Waals surface area contributed by atoms with Gasteiger partial charge in [-0.2, -0.15) is 0 Å². The van der Waals surface area contributed by atoms with E-state index in [1.54, 1.807) is 0 Å². The van der Waals surface area contributed by atoms with Crippen molar-refractivity contribution in [3.05, 3.63) is 83.9 Å². The summed E-state index contributed by atoms with van der Waals surface area (Å²) >= 11 is 0. The third-order valence-corrected chi connectivity index (χ3v) is 7.84. The number of carbonyl (C=O) groups is 3. The number of rotatable bonds is 8. The second-order valence-electron chi connectivity index (χ2n) is 10.4. The van der Waals surface area contributed by atoms with Crippen LogP contribution in [0.15, 0.2) is 72.8 Å². The molecule has 0 unspecified atom stereocenters. The number of hydrogen-bond donors (Lipinski definition) is 0. The Morgan fingerprint density at radius 3 is 2.41 bits per heavy atom. The van der Waals surface area contributed by atoms with Gasteiger partial charge >= 0.3 is 5.97 Å². The van der Waals surface area contributed by atoms with E-state index >= 15 is 0 Å². The maximum absolute atomic E-state index is 14.1. The van der Waals surface area contributed by atoms with Gasteiger partial charge in [0.1, 0.15) is 5.92 Å². The summed E-state index contributed by atoms with van der Waals surface area (Å²) in [5.74, 6) is -2.30. The van der Waals surface area contributed by atoms with Crippen molar-refractivity contribution in [2.24, 2.45) is 17.8 Å². The third kappa shape index (κ3) is 5.75. The van der Waals surface area contributed by atoms with Crippen molar-refractivity contribution >= 4 is 28.4 Å². The van der Waals surface area contributed by atoms with Crippen LogP contribution in [0.3, 0.4) is 0 Å². The Balaban J connectivity index is 1.42. The fraction of sp³-hybridized carbons (Fsp3) is 0.387. The predicted molar refractivity (Wildman–Crippen MR) is 143 cm³/mol. The molecule has 0 aromatic heterocycles. The number of amides is 1. The molecule has 37 heavy (non-hydrogen) atoms. The smallest absolute Gasteiger partial charge is 0.316 e. The van der Waals surface area contributed by atoms with Crippen molar-refractivity contribution in [2.45, 2.75) is 19.3 Å². The van der Waals surface area contributed by atoms with Crippen molar-refractivity contribution in [3.8, 4) is 0 Å². The number of ether oxygens (including phenoxy) is 1. The molecule has 6 nitrogen and oxygen atoms in total. The van der Waals surface area contributed by atoms with Gasteiger partial charge in [0.15, 0.2) is 5.78 Å². The molecule has 3 aromatic rings. The minimum absolute atomic E-state index is 0.0161. The molecule has 3 atom stereocenters. The van der Waals surface area contributed by atoms with Gasteiger partial charge in [0, 0.05) is 44.4 Å². The molecule has 2 saturated heterocycles. The van der Waals surface area contributed by atoms with Crippen molar-refractivity contribution in [1.82, 2.24) is 9.80 Å². The highest BCUT2D eigenvalue weighted by atomic mass is 16.5. The largest absolute Gasteiger partial charge is 0.465 e. The highest BCUT2D eigenvalue weighted by Gasteiger charge is 2.45. The maximum atomic E-state index is 14.1. The van der Waals surface area contributed by atoms with Gasteiger partial charge in [-0.1, -0.05) is 72.8 Å². The van der Waals surface area contributed by atoms with E-state index in [1.165, 1.54) is 0 Å². The van der Waals surface area contributed by atoms with E-state index in [-0.39, 0.29) is 30.6 Å². The van der Waals surface area contributed by atoms with Gasteiger partial charge in [0.05, 0.1) is 6.61 Å². The van der Waals surface area contributed by atoms with E-state index in [0.717, 1.165) is 35.0 Å². The van der Waals surface area contributed by atoms with Crippen LogP contribution in [-0.4, -0.2) is 67.3 Å². The molecule has 5 rings (SSSR count). The van der Waals surface area contributed by atoms with Gasteiger partial charge in [-0.15, -0.1) is 0 Å². The average Bonchev–Trinajstić information content (AvgIpc) is 3.28. The van der Waals surface area contributed by atoms with E-state index in [2.05, 4.69) is 23.1 Å². The lowest BCUT2D eigenvalue weighted by atomic mass is 9.78. The standard InChI is InChI=1S/C31H34N2O4/c1-32-14-16-33(17-15-32)28(34)20-25(19-24-12-7-11-23-10-5-6-13-27(23)24)30(35)29-26(21-37-31(29)36)18-22-8-3-2-4-9-22/h2-13,25-26,29H,14-21H2,1H3/t25-,26-,29+/m1/s1. The number of nitrogens with zero attached hydrogens (tertiary/aromatic N) is 2. The lowest BCUT2D eigenvalue weighted by Gasteiger charge is -2.33. The summed E-state index contributed by atoms with van der Waals surface area (Å²) in [5.41, 5.74) is 2.09. The molecule has 1 amide bonds. The van der Waals surface area contributed by atoms with Gasteiger partial charge in [-0.05, 0) is 41.8 Å². The highest BCUT2D eigenvalue weighted by molar-refractivity contribution is 6.03. The van der Waals surface area contributed by atoms with Crippen molar-refractivity contribution in [1.29, 1.82) is 0 Å². The monoisotopic (exact) mass is 498 g/mol. The fourth-order valence-electron chi connectivity index (χ4n) is 5.67. The molecular formula is C31H34N2O4. The first kappa shape index (κ1) is 25.2. The van der Waals surface area contributed by atoms with E-state index in [1.807, 2.05) is 66.5 Å². The zero-order valence-corrected chi connectivity index (χ0v) is 21.3. The molecule has 0 aliphatic carbocycles. The molecule has 0 N–H and O–H groups in total. The summed E-state index contributed by atoms with van der Waals surface area (Å²) in [6, 6.07) is 24.0. The van der Waals surface area contributed by atoms with Gasteiger partial charge < -0.3 is 14.5 Å². The molecule has 0 radical (unpaired) electrons. The molecule has 2 aliphatic rings. The number of piperazine rings is 1. The molecule has 6 heteroatoms. The first-order valence-electron chi connectivity index (χ1n) is 13.2. The van der Waals surface area contributed by atoms with Gasteiger partial charge in [0.2, 0.25) is 5.91 Å². The molecule has 0 saturated carbocycles. The Morgan fingerprint density at radius 2 is 1.62 bits per heavy atom. The number of esters is 1. The predicted octanol–water partition coefficient (Wildman–Crippen LogP) is 3.76. The summed E-state index contributed by atoms with van der Waals surface area (Å²) in [6.07, 6.45) is 1.12. The minimum Gasteiger partial charge on any atom is -0.465 e. The zero-order chi connectivity index (χ0) is 25.8. The van der Waals surface area contributed by atoms with E-state index in [4.69, 9.17) is 4.74 Å². The first-order valence-corrected chi connectivity index (χ1v) is 13.2. The summed E-state index contributed by atoms with van der Waals surface area (Å²) in [4.78, 5) is 44.4. The van der Waals surface area contributed by atoms with Crippen molar-refractivity contribution < 1.29 is 19.1 Å². The SMILES string of the molecule is CN1CCN(C(=O)C[C@@H](Cc2cccc3ccccc23)C(=O)[C@H]2C(=O)OC[C@H]2Cc2ccccc2)CC1. The van der Waals surface area contributed by atoms with Crippen LogP contribution >= 0.6 is 0 Å². The summed E-state index contributed by atoms with van der Waals surface area (Å²) in [5, 5.41) is 2.17. The van der Waals surface area contributed by atoms with Gasteiger partial charge in [-0.3, -0.25) is 14.4 Å². The number of carbonyl (C=O) groups excluding carboxylic acids is 3. The van der Waals surface area contributed by atoms with E-state index in [0.29, 0.717) is 25.9 Å². The molecule has 3 aromatic carbocycles. The Bertz CT molecular complexity index is 1260. The van der Waals surface area contributed by atoms with Crippen LogP contribution in [0.5, 0.6) is 0 Å². The number of ketones is 1. The van der Waals surface area contributed by atoms with Crippen molar-refractivity contribution in [2.75, 3.05) is 39.8 Å². The minimum atomic E-state index is -0.847. The van der Waals surface area contributed by atoms with Crippen LogP contribution in [0.25, 0.3) is 10.8 Å². The number of cyclic esters (lactones) is 1. The number of likely N-dealkylation sites (N-methyl/N-ethyl adjacent to an activating group) is 1. The zero-order valence-electron chi connectivity index (χ0n) is 21.3. The van der Waals surface area contributed by atoms with Crippen LogP contribution in [0, 0.1) is 17.8 Å². The average molecular weight is 499 g/mol. The van der Waals surface area contributed by atoms with Crippen LogP contribution in [-0.2, 0) is 32.0 Å². The quantitative estimate of drug-likeness (QED) is 0.350. The normalized spacial score (nSPS) is 21.1. The van der Waals surface area contributed by atoms with E-state index < -0.39 is 17.8 Å². The topological polar surface area (TPSA) is 66.9 Å². The molecule has 192 valence electrons. The molecular weight excluding hydrogens is 464 g/mol. The Morgan fingerprint density at radius 1 is 0.919 bits per heavy atom. The van der Waals surface area contributed by atoms with Crippen LogP contribution in [0.1, 0.15) is 17.5 Å². The molecule has 2 fully saturated rings. The molecule has 0 bridgehead atoms. The Labute approximate surface area is 218 Å². The third-order valence-electron chi connectivity index (χ3n) is 7.84. The van der Waals surface area contributed by atoms with Crippen molar-refractivity contribution in [3.63, 3.8) is 0 Å².